The first-order valence-electron chi connectivity index (χ1n) is 7.95. The summed E-state index contributed by atoms with van der Waals surface area (Å²) in [6.45, 7) is 1.67. The van der Waals surface area contributed by atoms with Gasteiger partial charge in [-0.1, -0.05) is 6.07 Å². The number of carbonyl (C=O) groups excluding carboxylic acids is 2. The van der Waals surface area contributed by atoms with Crippen molar-refractivity contribution in [2.75, 3.05) is 24.2 Å². The third-order valence-corrected chi connectivity index (χ3v) is 3.82. The van der Waals surface area contributed by atoms with Gasteiger partial charge in [-0.25, -0.2) is 4.39 Å². The molecule has 2 rings (SSSR count). The number of nitrogens with zero attached hydrogens (tertiary/aromatic N) is 2. The molecule has 0 fully saturated rings. The minimum Gasteiger partial charge on any atom is -0.325 e. The highest BCUT2D eigenvalue weighted by molar-refractivity contribution is 5.96. The van der Waals surface area contributed by atoms with E-state index in [2.05, 4.69) is 10.6 Å². The number of likely N-dealkylation sites (N-methyl/N-ethyl adjacent to an activating group) is 1. The van der Waals surface area contributed by atoms with Crippen molar-refractivity contribution in [1.29, 1.82) is 5.26 Å². The molecule has 6 nitrogen and oxygen atoms in total. The molecule has 0 aliphatic carbocycles. The Kier molecular flexibility index (Phi) is 6.42. The van der Waals surface area contributed by atoms with E-state index < -0.39 is 6.04 Å². The maximum absolute atomic E-state index is 12.9. The van der Waals surface area contributed by atoms with Crippen LogP contribution in [0.25, 0.3) is 0 Å². The zero-order valence-corrected chi connectivity index (χ0v) is 14.5. The van der Waals surface area contributed by atoms with Crippen LogP contribution in [0.3, 0.4) is 0 Å². The number of halogens is 1. The van der Waals surface area contributed by atoms with Gasteiger partial charge in [0.1, 0.15) is 5.82 Å². The second-order valence-electron chi connectivity index (χ2n) is 5.83. The van der Waals surface area contributed by atoms with Gasteiger partial charge in [-0.3, -0.25) is 14.5 Å². The molecular weight excluding hydrogens is 335 g/mol. The lowest BCUT2D eigenvalue weighted by atomic mass is 10.2. The van der Waals surface area contributed by atoms with E-state index in [0.717, 1.165) is 0 Å². The molecule has 0 saturated heterocycles. The van der Waals surface area contributed by atoms with Gasteiger partial charge in [0.25, 0.3) is 0 Å². The van der Waals surface area contributed by atoms with Crippen LogP contribution in [0.2, 0.25) is 0 Å². The van der Waals surface area contributed by atoms with Crippen LogP contribution in [-0.4, -0.2) is 36.3 Å². The number of nitriles is 1. The molecular formula is C19H19FN4O2. The van der Waals surface area contributed by atoms with Crippen LogP contribution in [-0.2, 0) is 9.59 Å². The second kappa shape index (κ2) is 8.74. The smallest absolute Gasteiger partial charge is 0.241 e. The molecule has 2 N–H and O–H groups in total. The minimum atomic E-state index is -0.570. The number of hydrogen-bond donors (Lipinski definition) is 2. The maximum atomic E-state index is 12.9. The highest BCUT2D eigenvalue weighted by Crippen LogP contribution is 2.12. The lowest BCUT2D eigenvalue weighted by Gasteiger charge is -2.23. The molecule has 0 unspecified atom stereocenters. The fourth-order valence-electron chi connectivity index (χ4n) is 2.21. The predicted molar refractivity (Wildman–Crippen MR) is 96.9 cm³/mol. The fraction of sp³-hybridized carbons (Fsp3) is 0.211. The van der Waals surface area contributed by atoms with Crippen LogP contribution in [0.15, 0.2) is 48.5 Å². The van der Waals surface area contributed by atoms with Gasteiger partial charge in [-0.2, -0.15) is 5.26 Å². The summed E-state index contributed by atoms with van der Waals surface area (Å²) in [5, 5.41) is 14.3. The molecule has 0 spiro atoms. The van der Waals surface area contributed by atoms with Crippen molar-refractivity contribution in [3.8, 4) is 6.07 Å². The SMILES string of the molecule is C[C@@H](C(=O)Nc1cccc(C#N)c1)N(C)CC(=O)Nc1ccc(F)cc1. The summed E-state index contributed by atoms with van der Waals surface area (Å²) >= 11 is 0. The first kappa shape index (κ1) is 19.1. The number of nitrogens with one attached hydrogen (secondary N) is 2. The van der Waals surface area contributed by atoms with E-state index >= 15 is 0 Å². The van der Waals surface area contributed by atoms with E-state index in [-0.39, 0.29) is 24.2 Å². The Bertz CT molecular complexity index is 830. The number of anilines is 2. The van der Waals surface area contributed by atoms with Crippen LogP contribution >= 0.6 is 0 Å². The second-order valence-corrected chi connectivity index (χ2v) is 5.83. The standard InChI is InChI=1S/C19H19FN4O2/c1-13(19(26)23-17-5-3-4-14(10-17)11-21)24(2)12-18(25)22-16-8-6-15(20)7-9-16/h3-10,13H,12H2,1-2H3,(H,22,25)(H,23,26)/t13-/m0/s1. The normalized spacial score (nSPS) is 11.5. The molecule has 7 heteroatoms. The summed E-state index contributed by atoms with van der Waals surface area (Å²) in [4.78, 5) is 26.0. The first-order chi connectivity index (χ1) is 12.4. The first-order valence-corrected chi connectivity index (χ1v) is 7.95. The highest BCUT2D eigenvalue weighted by atomic mass is 19.1. The molecule has 0 aromatic heterocycles. The Labute approximate surface area is 151 Å². The van der Waals surface area contributed by atoms with Crippen molar-refractivity contribution in [3.05, 3.63) is 59.9 Å². The lowest BCUT2D eigenvalue weighted by Crippen LogP contribution is -2.43. The molecule has 134 valence electrons. The van der Waals surface area contributed by atoms with Crippen LogP contribution in [0.1, 0.15) is 12.5 Å². The van der Waals surface area contributed by atoms with Gasteiger partial charge < -0.3 is 10.6 Å². The van der Waals surface area contributed by atoms with E-state index in [1.54, 1.807) is 43.1 Å². The van der Waals surface area contributed by atoms with E-state index in [0.29, 0.717) is 16.9 Å². The van der Waals surface area contributed by atoms with Gasteiger partial charge in [-0.05, 0) is 56.4 Å². The lowest BCUT2D eigenvalue weighted by molar-refractivity contribution is -0.122. The van der Waals surface area contributed by atoms with E-state index in [4.69, 9.17) is 5.26 Å². The molecule has 0 heterocycles. The summed E-state index contributed by atoms with van der Waals surface area (Å²) in [5.74, 6) is -0.992. The van der Waals surface area contributed by atoms with Gasteiger partial charge in [0.2, 0.25) is 11.8 Å². The highest BCUT2D eigenvalue weighted by Gasteiger charge is 2.20. The van der Waals surface area contributed by atoms with Crippen LogP contribution in [0.5, 0.6) is 0 Å². The third kappa shape index (κ3) is 5.40. The number of amides is 2. The molecule has 0 radical (unpaired) electrons. The number of carbonyl (C=O) groups is 2. The molecule has 0 aliphatic rings. The van der Waals surface area contributed by atoms with Crippen LogP contribution < -0.4 is 10.6 Å². The average Bonchev–Trinajstić information content (AvgIpc) is 2.63. The minimum absolute atomic E-state index is 0.00972. The summed E-state index contributed by atoms with van der Waals surface area (Å²) in [6, 6.07) is 13.5. The molecule has 2 amide bonds. The van der Waals surface area contributed by atoms with Crippen LogP contribution in [0, 0.1) is 17.1 Å². The number of rotatable bonds is 6. The third-order valence-electron chi connectivity index (χ3n) is 3.82. The zero-order valence-electron chi connectivity index (χ0n) is 14.5. The van der Waals surface area contributed by atoms with Gasteiger partial charge >= 0.3 is 0 Å². The van der Waals surface area contributed by atoms with Crippen molar-refractivity contribution in [1.82, 2.24) is 4.90 Å². The molecule has 0 bridgehead atoms. The largest absolute Gasteiger partial charge is 0.325 e. The Morgan fingerprint density at radius 1 is 1.15 bits per heavy atom. The maximum Gasteiger partial charge on any atom is 0.241 e. The quantitative estimate of drug-likeness (QED) is 0.835. The van der Waals surface area contributed by atoms with Gasteiger partial charge in [0.05, 0.1) is 24.2 Å². The zero-order chi connectivity index (χ0) is 19.1. The Hall–Kier alpha value is -3.24. The predicted octanol–water partition coefficient (Wildman–Crippen LogP) is 2.59. The van der Waals surface area contributed by atoms with Crippen molar-refractivity contribution in [2.45, 2.75) is 13.0 Å². The molecule has 2 aromatic rings. The van der Waals surface area contributed by atoms with Crippen molar-refractivity contribution >= 4 is 23.2 Å². The summed E-state index contributed by atoms with van der Waals surface area (Å²) in [7, 11) is 1.65. The van der Waals surface area contributed by atoms with Gasteiger partial charge in [0.15, 0.2) is 0 Å². The van der Waals surface area contributed by atoms with E-state index in [1.165, 1.54) is 24.3 Å². The van der Waals surface area contributed by atoms with Crippen LogP contribution in [0.4, 0.5) is 15.8 Å². The molecule has 0 saturated carbocycles. The molecule has 26 heavy (non-hydrogen) atoms. The topological polar surface area (TPSA) is 85.2 Å². The average molecular weight is 354 g/mol. The van der Waals surface area contributed by atoms with Gasteiger partial charge in [0, 0.05) is 11.4 Å². The van der Waals surface area contributed by atoms with Crippen molar-refractivity contribution < 1.29 is 14.0 Å². The molecule has 2 aromatic carbocycles. The Morgan fingerprint density at radius 2 is 1.85 bits per heavy atom. The molecule has 0 aliphatic heterocycles. The van der Waals surface area contributed by atoms with E-state index in [9.17, 15) is 14.0 Å². The summed E-state index contributed by atoms with van der Waals surface area (Å²) in [5.41, 5.74) is 1.45. The summed E-state index contributed by atoms with van der Waals surface area (Å²) in [6.07, 6.45) is 0. The van der Waals surface area contributed by atoms with E-state index in [1.807, 2.05) is 6.07 Å². The monoisotopic (exact) mass is 354 g/mol. The fourth-order valence-corrected chi connectivity index (χ4v) is 2.21. The number of benzene rings is 2. The Balaban J connectivity index is 1.90. The van der Waals surface area contributed by atoms with Crippen molar-refractivity contribution in [2.24, 2.45) is 0 Å². The number of hydrogen-bond acceptors (Lipinski definition) is 4. The van der Waals surface area contributed by atoms with Crippen molar-refractivity contribution in [3.63, 3.8) is 0 Å². The summed E-state index contributed by atoms with van der Waals surface area (Å²) < 4.78 is 12.9. The van der Waals surface area contributed by atoms with Gasteiger partial charge in [-0.15, -0.1) is 0 Å². The Morgan fingerprint density at radius 3 is 2.50 bits per heavy atom. The molecule has 1 atom stereocenters.